The fraction of sp³-hybridized carbons (Fsp3) is 0.0909. The van der Waals surface area contributed by atoms with Crippen LogP contribution in [0.1, 0.15) is 20.7 Å². The average molecular weight is 785 g/mol. The first-order valence-corrected chi connectivity index (χ1v) is 16.2. The average Bonchev–Trinajstić information content (AvgIpc) is 3.11. The molecule has 2 aromatic heterocycles. The molecule has 0 aliphatic carbocycles. The highest BCUT2D eigenvalue weighted by Crippen LogP contribution is 2.35. The lowest BCUT2D eigenvalue weighted by Gasteiger charge is -2.11. The summed E-state index contributed by atoms with van der Waals surface area (Å²) in [6.45, 7) is 0. The van der Waals surface area contributed by atoms with Crippen LogP contribution in [0.15, 0.2) is 90.0 Å². The van der Waals surface area contributed by atoms with Gasteiger partial charge in [0.15, 0.2) is 11.5 Å². The van der Waals surface area contributed by atoms with Gasteiger partial charge in [-0.1, -0.05) is 70.7 Å². The summed E-state index contributed by atoms with van der Waals surface area (Å²) in [7, 11) is 2.78. The van der Waals surface area contributed by atoms with Crippen LogP contribution in [-0.2, 0) is 0 Å². The Hall–Kier alpha value is -4.16. The fourth-order valence-electron chi connectivity index (χ4n) is 3.96. The largest absolute Gasteiger partial charge is 0.494 e. The van der Waals surface area contributed by atoms with E-state index < -0.39 is 11.2 Å². The summed E-state index contributed by atoms with van der Waals surface area (Å²) in [6, 6.07) is 20.7. The molecule has 49 heavy (non-hydrogen) atoms. The van der Waals surface area contributed by atoms with Crippen LogP contribution in [0.2, 0.25) is 20.1 Å². The highest BCUT2D eigenvalue weighted by Gasteiger charge is 2.22. The number of rotatable bonds is 5. The van der Waals surface area contributed by atoms with Crippen molar-refractivity contribution in [3.05, 3.63) is 127 Å². The van der Waals surface area contributed by atoms with Crippen molar-refractivity contribution < 1.29 is 23.8 Å². The van der Waals surface area contributed by atoms with Crippen LogP contribution in [0.3, 0.4) is 0 Å². The zero-order valence-electron chi connectivity index (χ0n) is 25.6. The molecule has 0 radical (unpaired) electrons. The van der Waals surface area contributed by atoms with E-state index in [2.05, 4.69) is 31.5 Å². The van der Waals surface area contributed by atoms with Crippen molar-refractivity contribution in [1.82, 2.24) is 19.9 Å². The number of halogens is 6. The third-order valence-corrected chi connectivity index (χ3v) is 7.45. The number of hydrogen-bond acceptors (Lipinski definition) is 9. The predicted molar refractivity (Wildman–Crippen MR) is 195 cm³/mol. The molecule has 0 fully saturated rings. The van der Waals surface area contributed by atoms with E-state index in [1.807, 2.05) is 42.5 Å². The maximum atomic E-state index is 12.4. The molecule has 10 nitrogen and oxygen atoms in total. The molecule has 1 N–H and O–H groups in total. The molecule has 0 bridgehead atoms. The zero-order chi connectivity index (χ0) is 36.1. The number of fused-ring (bicyclic) bond motifs is 2. The number of carbonyl (C=O) groups is 2. The lowest BCUT2D eigenvalue weighted by Crippen LogP contribution is -2.12. The smallest absolute Gasteiger partial charge is 0.350 e. The van der Waals surface area contributed by atoms with Gasteiger partial charge in [-0.2, -0.15) is 0 Å². The Morgan fingerprint density at radius 1 is 0.653 bits per heavy atom. The van der Waals surface area contributed by atoms with E-state index in [4.69, 9.17) is 72.2 Å². The third kappa shape index (κ3) is 10.4. The van der Waals surface area contributed by atoms with Crippen molar-refractivity contribution in [2.24, 2.45) is 0 Å². The van der Waals surface area contributed by atoms with Crippen LogP contribution < -0.4 is 19.8 Å². The van der Waals surface area contributed by atoms with Gasteiger partial charge in [0, 0.05) is 6.38 Å². The number of alkyl halides is 1. The topological polar surface area (TPSA) is 133 Å². The maximum absolute atomic E-state index is 12.4. The minimum atomic E-state index is -0.723. The summed E-state index contributed by atoms with van der Waals surface area (Å²) in [5, 5.41) is 0.264. The number of esters is 1. The summed E-state index contributed by atoms with van der Waals surface area (Å²) in [6.07, 6.45) is 4.12. The van der Waals surface area contributed by atoms with Gasteiger partial charge < -0.3 is 19.2 Å². The Morgan fingerprint density at radius 3 is 1.71 bits per heavy atom. The highest BCUT2D eigenvalue weighted by molar-refractivity contribution is 6.69. The molecule has 0 aliphatic rings. The molecule has 6 rings (SSSR count). The fourth-order valence-corrected chi connectivity index (χ4v) is 5.13. The van der Waals surface area contributed by atoms with Crippen molar-refractivity contribution in [2.75, 3.05) is 20.6 Å². The van der Waals surface area contributed by atoms with E-state index in [0.717, 1.165) is 11.0 Å². The Kier molecular flexibility index (Phi) is 15.3. The summed E-state index contributed by atoms with van der Waals surface area (Å²) < 4.78 is 15.3. The quantitative estimate of drug-likeness (QED) is 0.103. The first-order chi connectivity index (χ1) is 23.5. The zero-order valence-corrected chi connectivity index (χ0v) is 30.2. The number of methoxy groups -OCH3 is 2. The number of H-pyrrole nitrogens is 1. The van der Waals surface area contributed by atoms with Crippen LogP contribution in [0.25, 0.3) is 22.1 Å². The number of hydrogen-bond donors (Lipinski definition) is 1. The van der Waals surface area contributed by atoms with Crippen molar-refractivity contribution in [3.63, 3.8) is 0 Å². The van der Waals surface area contributed by atoms with E-state index in [0.29, 0.717) is 16.1 Å². The molecule has 0 unspecified atom stereocenters. The Labute approximate surface area is 309 Å². The van der Waals surface area contributed by atoms with Gasteiger partial charge in [0.05, 0.1) is 74.3 Å². The number of ether oxygens (including phenoxy) is 3. The second-order valence-corrected chi connectivity index (χ2v) is 11.0. The number of aromatic nitrogens is 4. The minimum absolute atomic E-state index is 0.0385. The van der Waals surface area contributed by atoms with Crippen LogP contribution >= 0.6 is 69.6 Å². The first kappa shape index (κ1) is 39.3. The molecule has 16 heteroatoms. The van der Waals surface area contributed by atoms with Crippen molar-refractivity contribution in [1.29, 1.82) is 0 Å². The predicted octanol–water partition coefficient (Wildman–Crippen LogP) is 9.32. The number of para-hydroxylation sites is 4. The van der Waals surface area contributed by atoms with Gasteiger partial charge in [0.25, 0.3) is 10.8 Å². The molecule has 4 aromatic carbocycles. The van der Waals surface area contributed by atoms with E-state index in [1.54, 1.807) is 6.07 Å². The van der Waals surface area contributed by atoms with Crippen LogP contribution in [0.4, 0.5) is 0 Å². The molecule has 254 valence electrons. The van der Waals surface area contributed by atoms with Gasteiger partial charge in [-0.3, -0.25) is 9.59 Å². The Balaban J connectivity index is 0.000000212. The molecule has 0 saturated heterocycles. The molecular formula is C33H24Cl6N4O6. The van der Waals surface area contributed by atoms with Gasteiger partial charge in [0.1, 0.15) is 5.56 Å². The summed E-state index contributed by atoms with van der Waals surface area (Å²) in [4.78, 5) is 49.1. The monoisotopic (exact) mass is 782 g/mol. The molecule has 2 heterocycles. The standard InChI is InChI=1S/C16H10Cl2N2O3.C8H5Cl3O2.C8H6N2O.CH3Cl/c1-22-15-10(18)7-6-9(17)14(15)16(21)23-13-8-19-11-4-2-3-5-12(11)20-13;1-13-7-5(10)3-2-4(9)6(7)8(11)12;11-8-5-9-6-3-1-2-4-7(6)10-8;1-2/h2-8H,1H3;2-3H,1H3;1-5H,(H,10,11);1H3. The second kappa shape index (κ2) is 19.1. The van der Waals surface area contributed by atoms with Crippen molar-refractivity contribution in [2.45, 2.75) is 0 Å². The summed E-state index contributed by atoms with van der Waals surface area (Å²) >= 11 is 33.5. The molecule has 0 spiro atoms. The summed E-state index contributed by atoms with van der Waals surface area (Å²) in [5.74, 6) is -0.308. The maximum Gasteiger partial charge on any atom is 0.350 e. The number of benzene rings is 4. The van der Waals surface area contributed by atoms with Crippen molar-refractivity contribution in [3.8, 4) is 17.4 Å². The third-order valence-electron chi connectivity index (χ3n) is 6.03. The van der Waals surface area contributed by atoms with Crippen LogP contribution in [-0.4, -0.2) is 51.8 Å². The SMILES string of the molecule is CCl.COc1c(Cl)ccc(Cl)c1C(=O)Cl.COc1c(Cl)ccc(Cl)c1C(=O)Oc1cnc2ccccc2n1.O=c1cnc2ccccc2[nH]1. The highest BCUT2D eigenvalue weighted by atomic mass is 35.5. The number of aromatic amines is 1. The van der Waals surface area contributed by atoms with Crippen LogP contribution in [0.5, 0.6) is 17.4 Å². The normalized spacial score (nSPS) is 9.98. The molecule has 0 amide bonds. The van der Waals surface area contributed by atoms with E-state index in [-0.39, 0.29) is 49.1 Å². The number of nitrogens with one attached hydrogen (secondary N) is 1. The molecule has 6 aromatic rings. The lowest BCUT2D eigenvalue weighted by molar-refractivity contribution is 0.0724. The Bertz CT molecular complexity index is 2150. The minimum Gasteiger partial charge on any atom is -0.494 e. The van der Waals surface area contributed by atoms with Crippen molar-refractivity contribution >= 4 is 103 Å². The first-order valence-electron chi connectivity index (χ1n) is 13.5. The number of nitrogens with zero attached hydrogens (tertiary/aromatic N) is 3. The van der Waals surface area contributed by atoms with Gasteiger partial charge in [0.2, 0.25) is 5.88 Å². The molecular weight excluding hydrogens is 761 g/mol. The lowest BCUT2D eigenvalue weighted by atomic mass is 10.2. The van der Waals surface area contributed by atoms with Gasteiger partial charge in [-0.25, -0.2) is 19.7 Å². The molecule has 0 atom stereocenters. The molecule has 0 aliphatic heterocycles. The van der Waals surface area contributed by atoms with Gasteiger partial charge in [-0.15, -0.1) is 11.6 Å². The second-order valence-electron chi connectivity index (χ2n) is 9.00. The van der Waals surface area contributed by atoms with E-state index in [1.165, 1.54) is 57.3 Å². The summed E-state index contributed by atoms with van der Waals surface area (Å²) in [5.41, 5.74) is 2.87. The number of carbonyl (C=O) groups excluding carboxylic acids is 2. The van der Waals surface area contributed by atoms with Gasteiger partial charge in [-0.05, 0) is 60.1 Å². The van der Waals surface area contributed by atoms with Gasteiger partial charge >= 0.3 is 5.97 Å². The van der Waals surface area contributed by atoms with E-state index >= 15 is 0 Å². The van der Waals surface area contributed by atoms with E-state index in [9.17, 15) is 14.4 Å². The van der Waals surface area contributed by atoms with Crippen LogP contribution in [0, 0.1) is 0 Å². The molecule has 0 saturated carbocycles. The Morgan fingerprint density at radius 2 is 1.14 bits per heavy atom.